The lowest BCUT2D eigenvalue weighted by Gasteiger charge is -2.19. The number of hydrogen-bond acceptors (Lipinski definition) is 3. The van der Waals surface area contributed by atoms with Crippen LogP contribution in [0.25, 0.3) is 0 Å². The van der Waals surface area contributed by atoms with E-state index < -0.39 is 0 Å². The summed E-state index contributed by atoms with van der Waals surface area (Å²) < 4.78 is 8.00. The summed E-state index contributed by atoms with van der Waals surface area (Å²) in [5.41, 5.74) is 2.71. The van der Waals surface area contributed by atoms with Gasteiger partial charge in [0.2, 0.25) is 0 Å². The van der Waals surface area contributed by atoms with Gasteiger partial charge < -0.3 is 4.74 Å². The van der Waals surface area contributed by atoms with Crippen molar-refractivity contribution in [3.8, 4) is 0 Å². The fraction of sp³-hybridized carbons (Fsp3) is 0.733. The minimum absolute atomic E-state index is 0.0225. The molecule has 4 nitrogen and oxygen atoms in total. The molecule has 2 rings (SSSR count). The van der Waals surface area contributed by atoms with E-state index in [0.717, 1.165) is 55.5 Å². The Morgan fingerprint density at radius 1 is 1.42 bits per heavy atom. The predicted octanol–water partition coefficient (Wildman–Crippen LogP) is 2.78. The fourth-order valence-corrected chi connectivity index (χ4v) is 2.89. The average molecular weight is 264 g/mol. The van der Waals surface area contributed by atoms with Crippen LogP contribution in [0.15, 0.2) is 0 Å². The van der Waals surface area contributed by atoms with Crippen LogP contribution < -0.4 is 0 Å². The largest absolute Gasteiger partial charge is 0.370 e. The van der Waals surface area contributed by atoms with E-state index in [1.54, 1.807) is 0 Å². The monoisotopic (exact) mass is 264 g/mol. The summed E-state index contributed by atoms with van der Waals surface area (Å²) in [6.07, 6.45) is 4.93. The first-order valence-corrected chi connectivity index (χ1v) is 7.22. The molecule has 1 unspecified atom stereocenters. The lowest BCUT2D eigenvalue weighted by Crippen LogP contribution is -2.24. The molecule has 19 heavy (non-hydrogen) atoms. The van der Waals surface area contributed by atoms with Crippen molar-refractivity contribution in [2.24, 2.45) is 0 Å². The van der Waals surface area contributed by atoms with Crippen LogP contribution in [0.5, 0.6) is 0 Å². The average Bonchev–Trinajstić information content (AvgIpc) is 2.89. The van der Waals surface area contributed by atoms with Gasteiger partial charge in [0.15, 0.2) is 6.29 Å². The van der Waals surface area contributed by atoms with Gasteiger partial charge in [-0.05, 0) is 39.5 Å². The number of ether oxygens (including phenoxy) is 1. The van der Waals surface area contributed by atoms with E-state index in [0.29, 0.717) is 0 Å². The van der Waals surface area contributed by atoms with Crippen molar-refractivity contribution in [1.82, 2.24) is 9.78 Å². The molecule has 1 aliphatic rings. The molecule has 1 fully saturated rings. The van der Waals surface area contributed by atoms with Crippen molar-refractivity contribution in [3.05, 3.63) is 17.0 Å². The molecule has 2 heterocycles. The number of carbonyl (C=O) groups is 1. The molecule has 0 amide bonds. The molecule has 1 aromatic rings. The van der Waals surface area contributed by atoms with Crippen molar-refractivity contribution in [2.75, 3.05) is 0 Å². The SMILES string of the molecule is CCc1nn(CC2CCC(C)(C)O2)c(CC)c1C=O. The smallest absolute Gasteiger partial charge is 0.153 e. The van der Waals surface area contributed by atoms with Crippen LogP contribution in [-0.2, 0) is 24.1 Å². The minimum atomic E-state index is -0.0225. The van der Waals surface area contributed by atoms with Gasteiger partial charge in [-0.15, -0.1) is 0 Å². The fourth-order valence-electron chi connectivity index (χ4n) is 2.89. The lowest BCUT2D eigenvalue weighted by atomic mass is 10.1. The Bertz CT molecular complexity index is 463. The summed E-state index contributed by atoms with van der Waals surface area (Å²) in [6, 6.07) is 0. The number of aromatic nitrogens is 2. The Labute approximate surface area is 115 Å². The van der Waals surface area contributed by atoms with Crippen LogP contribution in [0, 0.1) is 0 Å². The second kappa shape index (κ2) is 5.45. The maximum absolute atomic E-state index is 11.2. The Morgan fingerprint density at radius 3 is 2.63 bits per heavy atom. The van der Waals surface area contributed by atoms with E-state index in [9.17, 15) is 4.79 Å². The van der Waals surface area contributed by atoms with Crippen molar-refractivity contribution in [1.29, 1.82) is 0 Å². The molecule has 0 N–H and O–H groups in total. The van der Waals surface area contributed by atoms with Crippen molar-refractivity contribution in [2.45, 2.75) is 71.6 Å². The van der Waals surface area contributed by atoms with E-state index in [4.69, 9.17) is 4.74 Å². The molecule has 1 saturated heterocycles. The molecule has 0 spiro atoms. The van der Waals surface area contributed by atoms with E-state index in [-0.39, 0.29) is 11.7 Å². The van der Waals surface area contributed by atoms with Gasteiger partial charge in [-0.2, -0.15) is 5.10 Å². The molecule has 0 aromatic carbocycles. The molecular formula is C15H24N2O2. The van der Waals surface area contributed by atoms with Gasteiger partial charge in [0.1, 0.15) is 0 Å². The number of aryl methyl sites for hydroxylation is 1. The van der Waals surface area contributed by atoms with Crippen LogP contribution in [0.1, 0.15) is 62.3 Å². The number of carbonyl (C=O) groups excluding carboxylic acids is 1. The second-order valence-electron chi connectivity index (χ2n) is 5.85. The van der Waals surface area contributed by atoms with Crippen LogP contribution in [0.2, 0.25) is 0 Å². The summed E-state index contributed by atoms with van der Waals surface area (Å²) in [7, 11) is 0. The van der Waals surface area contributed by atoms with E-state index >= 15 is 0 Å². The zero-order chi connectivity index (χ0) is 14.0. The topological polar surface area (TPSA) is 44.1 Å². The Hall–Kier alpha value is -1.16. The highest BCUT2D eigenvalue weighted by atomic mass is 16.5. The van der Waals surface area contributed by atoms with Crippen LogP contribution in [0.4, 0.5) is 0 Å². The number of aldehydes is 1. The standard InChI is InChI=1S/C15H24N2O2/c1-5-13-12(10-18)14(6-2)17(16-13)9-11-7-8-15(3,4)19-11/h10-11H,5-9H2,1-4H3. The number of hydrogen-bond donors (Lipinski definition) is 0. The maximum Gasteiger partial charge on any atom is 0.153 e. The number of rotatable bonds is 5. The summed E-state index contributed by atoms with van der Waals surface area (Å²) in [6.45, 7) is 9.12. The first kappa shape index (κ1) is 14.3. The van der Waals surface area contributed by atoms with Crippen LogP contribution in [0.3, 0.4) is 0 Å². The van der Waals surface area contributed by atoms with Gasteiger partial charge in [0.05, 0.1) is 29.5 Å². The third-order valence-electron chi connectivity index (χ3n) is 3.89. The summed E-state index contributed by atoms with van der Waals surface area (Å²) in [4.78, 5) is 11.2. The van der Waals surface area contributed by atoms with E-state index in [1.165, 1.54) is 0 Å². The summed E-state index contributed by atoms with van der Waals surface area (Å²) in [5.74, 6) is 0. The molecule has 106 valence electrons. The summed E-state index contributed by atoms with van der Waals surface area (Å²) >= 11 is 0. The molecule has 0 bridgehead atoms. The van der Waals surface area contributed by atoms with E-state index in [2.05, 4.69) is 25.9 Å². The van der Waals surface area contributed by atoms with E-state index in [1.807, 2.05) is 11.6 Å². The number of nitrogens with zero attached hydrogens (tertiary/aromatic N) is 2. The molecule has 0 saturated carbocycles. The van der Waals surface area contributed by atoms with Crippen LogP contribution in [-0.4, -0.2) is 27.8 Å². The molecule has 1 aliphatic heterocycles. The molecule has 0 radical (unpaired) electrons. The van der Waals surface area contributed by atoms with Gasteiger partial charge in [0.25, 0.3) is 0 Å². The Morgan fingerprint density at radius 2 is 2.16 bits per heavy atom. The molecule has 0 aliphatic carbocycles. The molecular weight excluding hydrogens is 240 g/mol. The second-order valence-corrected chi connectivity index (χ2v) is 5.85. The third kappa shape index (κ3) is 2.89. The highest BCUT2D eigenvalue weighted by Crippen LogP contribution is 2.30. The Balaban J connectivity index is 2.21. The van der Waals surface area contributed by atoms with Gasteiger partial charge in [-0.3, -0.25) is 9.48 Å². The van der Waals surface area contributed by atoms with Crippen LogP contribution >= 0.6 is 0 Å². The van der Waals surface area contributed by atoms with Crippen molar-refractivity contribution < 1.29 is 9.53 Å². The predicted molar refractivity (Wildman–Crippen MR) is 74.6 cm³/mol. The minimum Gasteiger partial charge on any atom is -0.370 e. The highest BCUT2D eigenvalue weighted by molar-refractivity contribution is 5.78. The third-order valence-corrected chi connectivity index (χ3v) is 3.89. The summed E-state index contributed by atoms with van der Waals surface area (Å²) in [5, 5.41) is 4.59. The molecule has 1 aromatic heterocycles. The molecule has 1 atom stereocenters. The quantitative estimate of drug-likeness (QED) is 0.768. The van der Waals surface area contributed by atoms with Gasteiger partial charge >= 0.3 is 0 Å². The Kier molecular flexibility index (Phi) is 4.09. The van der Waals surface area contributed by atoms with Crippen molar-refractivity contribution in [3.63, 3.8) is 0 Å². The normalized spacial score (nSPS) is 21.8. The zero-order valence-corrected chi connectivity index (χ0v) is 12.4. The lowest BCUT2D eigenvalue weighted by molar-refractivity contribution is -0.0233. The first-order valence-electron chi connectivity index (χ1n) is 7.22. The zero-order valence-electron chi connectivity index (χ0n) is 12.4. The van der Waals surface area contributed by atoms with Gasteiger partial charge in [0, 0.05) is 5.69 Å². The van der Waals surface area contributed by atoms with Gasteiger partial charge in [-0.1, -0.05) is 13.8 Å². The highest BCUT2D eigenvalue weighted by Gasteiger charge is 2.32. The molecule has 4 heteroatoms. The first-order chi connectivity index (χ1) is 9.00. The van der Waals surface area contributed by atoms with Crippen molar-refractivity contribution >= 4 is 6.29 Å². The maximum atomic E-state index is 11.2. The van der Waals surface area contributed by atoms with Gasteiger partial charge in [-0.25, -0.2) is 0 Å².